The van der Waals surface area contributed by atoms with Crippen molar-refractivity contribution < 1.29 is 18.6 Å². The lowest BCUT2D eigenvalue weighted by Crippen LogP contribution is -2.41. The van der Waals surface area contributed by atoms with E-state index in [1.54, 1.807) is 0 Å². The summed E-state index contributed by atoms with van der Waals surface area (Å²) in [5, 5.41) is 0. The molecule has 0 amide bonds. The average molecular weight is 410 g/mol. The van der Waals surface area contributed by atoms with E-state index < -0.39 is 0 Å². The minimum Gasteiger partial charge on any atom is -0.400 e. The van der Waals surface area contributed by atoms with Crippen molar-refractivity contribution in [2.24, 2.45) is 0 Å². The predicted octanol–water partition coefficient (Wildman–Crippen LogP) is 4.81. The van der Waals surface area contributed by atoms with E-state index in [0.717, 1.165) is 24.7 Å². The highest BCUT2D eigenvalue weighted by Crippen LogP contribution is 2.42. The van der Waals surface area contributed by atoms with Gasteiger partial charge in [-0.05, 0) is 97.1 Å². The van der Waals surface area contributed by atoms with Crippen molar-refractivity contribution in [1.29, 1.82) is 0 Å². The molecule has 1 unspecified atom stereocenters. The molecule has 4 rings (SSSR count). The van der Waals surface area contributed by atoms with Crippen LogP contribution in [-0.4, -0.2) is 36.6 Å². The summed E-state index contributed by atoms with van der Waals surface area (Å²) in [6.45, 7) is 16.8. The van der Waals surface area contributed by atoms with E-state index in [4.69, 9.17) is 18.6 Å². The molecular formula is C24H36B2O4. The fraction of sp³-hybridized carbons (Fsp3) is 0.667. The van der Waals surface area contributed by atoms with Gasteiger partial charge in [0, 0.05) is 0 Å². The Balaban J connectivity index is 1.40. The summed E-state index contributed by atoms with van der Waals surface area (Å²) in [6.07, 6.45) is 5.49. The van der Waals surface area contributed by atoms with E-state index in [-0.39, 0.29) is 36.6 Å². The van der Waals surface area contributed by atoms with Gasteiger partial charge < -0.3 is 18.6 Å². The smallest absolute Gasteiger partial charge is 0.400 e. The summed E-state index contributed by atoms with van der Waals surface area (Å²) in [7, 11) is -0.507. The zero-order chi connectivity index (χ0) is 21.9. The molecule has 0 spiro atoms. The Morgan fingerprint density at radius 1 is 0.700 bits per heavy atom. The van der Waals surface area contributed by atoms with Crippen molar-refractivity contribution in [3.63, 3.8) is 0 Å². The molecule has 1 aromatic carbocycles. The molecule has 6 heteroatoms. The molecule has 162 valence electrons. The van der Waals surface area contributed by atoms with Crippen LogP contribution in [0.3, 0.4) is 0 Å². The van der Waals surface area contributed by atoms with Crippen LogP contribution >= 0.6 is 0 Å². The second-order valence-electron chi connectivity index (χ2n) is 11.1. The Morgan fingerprint density at radius 3 is 1.60 bits per heavy atom. The van der Waals surface area contributed by atoms with Crippen LogP contribution in [-0.2, 0) is 18.6 Å². The molecule has 2 heterocycles. The molecule has 2 fully saturated rings. The van der Waals surface area contributed by atoms with Crippen LogP contribution in [0.4, 0.5) is 0 Å². The molecule has 2 aliphatic heterocycles. The summed E-state index contributed by atoms with van der Waals surface area (Å²) in [5.41, 5.74) is 2.57. The lowest BCUT2D eigenvalue weighted by molar-refractivity contribution is 0.00578. The fourth-order valence-electron chi connectivity index (χ4n) is 4.27. The first-order chi connectivity index (χ1) is 13.8. The Bertz CT molecular complexity index is 794. The SMILES string of the molecule is CC1(C)OB(C2=CCC(c3ccc(B4OC(C)(C)C(C)(C)O4)cc3)CC2)OC1(C)C. The van der Waals surface area contributed by atoms with Crippen LogP contribution in [0.25, 0.3) is 0 Å². The lowest BCUT2D eigenvalue weighted by atomic mass is 9.69. The van der Waals surface area contributed by atoms with Gasteiger partial charge in [0.25, 0.3) is 0 Å². The number of rotatable bonds is 3. The first-order valence-electron chi connectivity index (χ1n) is 11.3. The van der Waals surface area contributed by atoms with Crippen molar-refractivity contribution in [3.8, 4) is 0 Å². The average Bonchev–Trinajstić information content (AvgIpc) is 3.02. The Kier molecular flexibility index (Phi) is 5.33. The van der Waals surface area contributed by atoms with Crippen molar-refractivity contribution in [1.82, 2.24) is 0 Å². The molecule has 4 nitrogen and oxygen atoms in total. The van der Waals surface area contributed by atoms with Gasteiger partial charge in [-0.2, -0.15) is 0 Å². The van der Waals surface area contributed by atoms with E-state index in [1.165, 1.54) is 11.0 Å². The first kappa shape index (κ1) is 22.1. The van der Waals surface area contributed by atoms with Crippen LogP contribution in [0.1, 0.15) is 86.1 Å². The zero-order valence-corrected chi connectivity index (χ0v) is 19.9. The van der Waals surface area contributed by atoms with Crippen LogP contribution in [0.5, 0.6) is 0 Å². The summed E-state index contributed by atoms with van der Waals surface area (Å²) in [6, 6.07) is 8.78. The third kappa shape index (κ3) is 3.81. The highest BCUT2D eigenvalue weighted by Gasteiger charge is 2.53. The Morgan fingerprint density at radius 2 is 1.17 bits per heavy atom. The van der Waals surface area contributed by atoms with Gasteiger partial charge in [-0.3, -0.25) is 0 Å². The molecule has 0 saturated carbocycles. The van der Waals surface area contributed by atoms with E-state index in [9.17, 15) is 0 Å². The van der Waals surface area contributed by atoms with E-state index >= 15 is 0 Å². The zero-order valence-electron chi connectivity index (χ0n) is 19.9. The van der Waals surface area contributed by atoms with Crippen molar-refractivity contribution in [2.45, 2.75) is 103 Å². The highest BCUT2D eigenvalue weighted by atomic mass is 16.7. The van der Waals surface area contributed by atoms with E-state index in [0.29, 0.717) is 5.92 Å². The lowest BCUT2D eigenvalue weighted by Gasteiger charge is -2.32. The van der Waals surface area contributed by atoms with Crippen LogP contribution in [0, 0.1) is 0 Å². The Labute approximate surface area is 183 Å². The van der Waals surface area contributed by atoms with Crippen molar-refractivity contribution >= 4 is 19.7 Å². The predicted molar refractivity (Wildman–Crippen MR) is 123 cm³/mol. The topological polar surface area (TPSA) is 36.9 Å². The Hall–Kier alpha value is -1.07. The molecule has 0 radical (unpaired) electrons. The largest absolute Gasteiger partial charge is 0.494 e. The summed E-state index contributed by atoms with van der Waals surface area (Å²) in [4.78, 5) is 0. The number of allylic oxidation sites excluding steroid dienone is 2. The normalized spacial score (nSPS) is 29.2. The second kappa shape index (κ2) is 7.23. The maximum Gasteiger partial charge on any atom is 0.494 e. The fourth-order valence-corrected chi connectivity index (χ4v) is 4.27. The van der Waals surface area contributed by atoms with Crippen molar-refractivity contribution in [2.75, 3.05) is 0 Å². The third-order valence-electron chi connectivity index (χ3n) is 7.94. The molecule has 30 heavy (non-hydrogen) atoms. The van der Waals surface area contributed by atoms with Crippen LogP contribution < -0.4 is 5.46 Å². The summed E-state index contributed by atoms with van der Waals surface area (Å²) >= 11 is 0. The van der Waals surface area contributed by atoms with Gasteiger partial charge in [0.05, 0.1) is 22.4 Å². The summed E-state index contributed by atoms with van der Waals surface area (Å²) < 4.78 is 24.8. The minimum atomic E-state index is -0.311. The molecule has 0 bridgehead atoms. The maximum atomic E-state index is 6.23. The molecule has 0 N–H and O–H groups in total. The third-order valence-corrected chi connectivity index (χ3v) is 7.94. The van der Waals surface area contributed by atoms with Gasteiger partial charge in [0.2, 0.25) is 0 Å². The second-order valence-corrected chi connectivity index (χ2v) is 11.1. The molecular weight excluding hydrogens is 374 g/mol. The van der Waals surface area contributed by atoms with E-state index in [1.807, 2.05) is 0 Å². The van der Waals surface area contributed by atoms with Crippen LogP contribution in [0.2, 0.25) is 0 Å². The molecule has 1 aliphatic carbocycles. The standard InChI is InChI=1S/C24H36B2O4/c1-21(2)22(3,4)28-25(27-21)19-13-9-17(10-14-19)18-11-15-20(16-12-18)26-29-23(5,6)24(7,8)30-26/h9-10,13-15,18H,11-12,16H2,1-8H3. The van der Waals surface area contributed by atoms with Gasteiger partial charge in [0.15, 0.2) is 0 Å². The van der Waals surface area contributed by atoms with Gasteiger partial charge in [0.1, 0.15) is 0 Å². The highest BCUT2D eigenvalue weighted by molar-refractivity contribution is 6.62. The molecule has 1 aromatic rings. The maximum absolute atomic E-state index is 6.23. The first-order valence-corrected chi connectivity index (χ1v) is 11.3. The van der Waals surface area contributed by atoms with E-state index in [2.05, 4.69) is 85.7 Å². The molecule has 0 aromatic heterocycles. The molecule has 2 saturated heterocycles. The van der Waals surface area contributed by atoms with Gasteiger partial charge in [-0.25, -0.2) is 0 Å². The number of hydrogen-bond donors (Lipinski definition) is 0. The van der Waals surface area contributed by atoms with Crippen molar-refractivity contribution in [3.05, 3.63) is 41.4 Å². The van der Waals surface area contributed by atoms with Gasteiger partial charge >= 0.3 is 14.2 Å². The quantitative estimate of drug-likeness (QED) is 0.671. The molecule has 3 aliphatic rings. The minimum absolute atomic E-state index is 0.207. The van der Waals surface area contributed by atoms with Gasteiger partial charge in [-0.1, -0.05) is 30.3 Å². The number of hydrogen-bond acceptors (Lipinski definition) is 4. The van der Waals surface area contributed by atoms with Crippen LogP contribution in [0.15, 0.2) is 35.8 Å². The monoisotopic (exact) mass is 410 g/mol. The number of benzene rings is 1. The molecule has 1 atom stereocenters. The summed E-state index contributed by atoms with van der Waals surface area (Å²) in [5.74, 6) is 0.531. The van der Waals surface area contributed by atoms with Gasteiger partial charge in [-0.15, -0.1) is 0 Å².